The molecule has 128 valence electrons. The maximum absolute atomic E-state index is 12.6. The lowest BCUT2D eigenvalue weighted by atomic mass is 10.2. The Morgan fingerprint density at radius 2 is 1.96 bits per heavy atom. The van der Waals surface area contributed by atoms with E-state index in [1.807, 2.05) is 6.07 Å². The van der Waals surface area contributed by atoms with Gasteiger partial charge in [-0.3, -0.25) is 0 Å². The van der Waals surface area contributed by atoms with E-state index in [1.165, 1.54) is 26.6 Å². The van der Waals surface area contributed by atoms with Crippen LogP contribution in [0.3, 0.4) is 0 Å². The number of methoxy groups -OCH3 is 2. The molecule has 1 heterocycles. The number of hydrogen-bond donors (Lipinski definition) is 1. The first-order valence-electron chi connectivity index (χ1n) is 7.56. The molecule has 0 spiro atoms. The van der Waals surface area contributed by atoms with Crippen LogP contribution in [0.4, 0.5) is 0 Å². The molecule has 1 aliphatic carbocycles. The third-order valence-corrected chi connectivity index (χ3v) is 5.27. The minimum absolute atomic E-state index is 0.0285. The van der Waals surface area contributed by atoms with Gasteiger partial charge in [0.15, 0.2) is 0 Å². The second-order valence-corrected chi connectivity index (χ2v) is 7.29. The molecule has 0 atom stereocenters. The average Bonchev–Trinajstić information content (AvgIpc) is 3.45. The fourth-order valence-corrected chi connectivity index (χ4v) is 3.54. The summed E-state index contributed by atoms with van der Waals surface area (Å²) >= 11 is 0. The molecule has 0 saturated heterocycles. The van der Waals surface area contributed by atoms with Crippen molar-refractivity contribution in [1.29, 1.82) is 0 Å². The monoisotopic (exact) mass is 349 g/mol. The van der Waals surface area contributed by atoms with Gasteiger partial charge in [0.1, 0.15) is 22.7 Å². The lowest BCUT2D eigenvalue weighted by Crippen LogP contribution is -2.24. The molecule has 24 heavy (non-hydrogen) atoms. The van der Waals surface area contributed by atoms with Crippen LogP contribution in [0.2, 0.25) is 0 Å². The summed E-state index contributed by atoms with van der Waals surface area (Å²) in [5, 5.41) is 0. The van der Waals surface area contributed by atoms with E-state index in [4.69, 9.17) is 9.47 Å². The van der Waals surface area contributed by atoms with Gasteiger partial charge in [-0.05, 0) is 31.0 Å². The minimum Gasteiger partial charge on any atom is -0.497 e. The number of sulfonamides is 1. The molecular formula is C16H19N3O4S. The van der Waals surface area contributed by atoms with Gasteiger partial charge in [-0.25, -0.2) is 23.1 Å². The Morgan fingerprint density at radius 1 is 1.17 bits per heavy atom. The van der Waals surface area contributed by atoms with Gasteiger partial charge in [-0.1, -0.05) is 0 Å². The Labute approximate surface area is 141 Å². The van der Waals surface area contributed by atoms with Crippen molar-refractivity contribution in [3.63, 3.8) is 0 Å². The lowest BCUT2D eigenvalue weighted by molar-refractivity contribution is 0.392. The maximum atomic E-state index is 12.6. The van der Waals surface area contributed by atoms with Crippen molar-refractivity contribution in [2.45, 2.75) is 30.2 Å². The highest BCUT2D eigenvalue weighted by Gasteiger charge is 2.25. The Bertz CT molecular complexity index is 835. The number of benzene rings is 1. The van der Waals surface area contributed by atoms with E-state index in [-0.39, 0.29) is 17.2 Å². The summed E-state index contributed by atoms with van der Waals surface area (Å²) in [6, 6.07) is 6.48. The van der Waals surface area contributed by atoms with Crippen molar-refractivity contribution < 1.29 is 17.9 Å². The average molecular weight is 349 g/mol. The van der Waals surface area contributed by atoms with Crippen LogP contribution in [0.15, 0.2) is 35.5 Å². The summed E-state index contributed by atoms with van der Waals surface area (Å²) < 4.78 is 38.0. The number of rotatable bonds is 7. The fourth-order valence-electron chi connectivity index (χ4n) is 2.35. The molecule has 3 rings (SSSR count). The topological polar surface area (TPSA) is 90.4 Å². The van der Waals surface area contributed by atoms with E-state index >= 15 is 0 Å². The van der Waals surface area contributed by atoms with Crippen LogP contribution >= 0.6 is 0 Å². The second kappa shape index (κ2) is 6.74. The van der Waals surface area contributed by atoms with Crippen LogP contribution in [0.25, 0.3) is 0 Å². The zero-order chi connectivity index (χ0) is 17.2. The van der Waals surface area contributed by atoms with Gasteiger partial charge in [0.25, 0.3) is 0 Å². The van der Waals surface area contributed by atoms with Crippen LogP contribution in [-0.2, 0) is 16.6 Å². The van der Waals surface area contributed by atoms with Crippen LogP contribution in [0, 0.1) is 0 Å². The van der Waals surface area contributed by atoms with Crippen molar-refractivity contribution in [2.24, 2.45) is 0 Å². The summed E-state index contributed by atoms with van der Waals surface area (Å²) in [4.78, 5) is 8.39. The van der Waals surface area contributed by atoms with Crippen molar-refractivity contribution in [3.8, 4) is 11.5 Å². The summed E-state index contributed by atoms with van der Waals surface area (Å²) in [7, 11) is -0.865. The Kier molecular flexibility index (Phi) is 4.68. The molecule has 2 aromatic rings. The molecule has 1 aromatic carbocycles. The molecule has 0 unspecified atom stereocenters. The zero-order valence-corrected chi connectivity index (χ0v) is 14.3. The number of aromatic nitrogens is 2. The molecule has 1 saturated carbocycles. The van der Waals surface area contributed by atoms with Crippen molar-refractivity contribution >= 4 is 10.0 Å². The molecule has 1 N–H and O–H groups in total. The number of nitrogens with one attached hydrogen (secondary N) is 1. The van der Waals surface area contributed by atoms with Crippen LogP contribution in [0.5, 0.6) is 11.5 Å². The van der Waals surface area contributed by atoms with E-state index in [0.29, 0.717) is 17.4 Å². The van der Waals surface area contributed by atoms with Crippen LogP contribution in [-0.4, -0.2) is 32.6 Å². The molecular weight excluding hydrogens is 330 g/mol. The van der Waals surface area contributed by atoms with Gasteiger partial charge in [-0.2, -0.15) is 0 Å². The van der Waals surface area contributed by atoms with Crippen LogP contribution in [0.1, 0.15) is 30.1 Å². The minimum atomic E-state index is -3.77. The van der Waals surface area contributed by atoms with Gasteiger partial charge in [0, 0.05) is 17.7 Å². The zero-order valence-electron chi connectivity index (χ0n) is 13.5. The number of hydrogen-bond acceptors (Lipinski definition) is 6. The predicted molar refractivity (Wildman–Crippen MR) is 87.6 cm³/mol. The molecule has 1 aromatic heterocycles. The smallest absolute Gasteiger partial charge is 0.244 e. The molecule has 0 bridgehead atoms. The molecule has 1 aliphatic rings. The Balaban J connectivity index is 1.80. The van der Waals surface area contributed by atoms with E-state index in [0.717, 1.165) is 18.5 Å². The number of ether oxygens (including phenoxy) is 2. The van der Waals surface area contributed by atoms with Crippen molar-refractivity contribution in [1.82, 2.24) is 14.7 Å². The quantitative estimate of drug-likeness (QED) is 0.820. The van der Waals surface area contributed by atoms with Crippen LogP contribution < -0.4 is 14.2 Å². The first kappa shape index (κ1) is 16.7. The highest BCUT2D eigenvalue weighted by atomic mass is 32.2. The highest BCUT2D eigenvalue weighted by Crippen LogP contribution is 2.38. The second-order valence-electron chi connectivity index (χ2n) is 5.55. The third kappa shape index (κ3) is 3.65. The normalized spacial score (nSPS) is 14.4. The highest BCUT2D eigenvalue weighted by molar-refractivity contribution is 7.89. The molecule has 8 heteroatoms. The summed E-state index contributed by atoms with van der Waals surface area (Å²) in [5.74, 6) is 1.18. The third-order valence-electron chi connectivity index (χ3n) is 3.84. The number of nitrogens with zero attached hydrogens (tertiary/aromatic N) is 2. The first-order valence-corrected chi connectivity index (χ1v) is 9.04. The summed E-state index contributed by atoms with van der Waals surface area (Å²) in [6.07, 6.45) is 3.73. The maximum Gasteiger partial charge on any atom is 0.244 e. The summed E-state index contributed by atoms with van der Waals surface area (Å²) in [6.45, 7) is 0.0882. The fraction of sp³-hybridized carbons (Fsp3) is 0.375. The summed E-state index contributed by atoms with van der Waals surface area (Å²) in [5.41, 5.74) is 1.61. The largest absolute Gasteiger partial charge is 0.497 e. The van der Waals surface area contributed by atoms with E-state index in [9.17, 15) is 8.42 Å². The Morgan fingerprint density at radius 3 is 2.62 bits per heavy atom. The van der Waals surface area contributed by atoms with Crippen molar-refractivity contribution in [3.05, 3.63) is 42.0 Å². The molecule has 0 radical (unpaired) electrons. The standard InChI is InChI=1S/C16H19N3O4S/c1-22-13-5-6-15(23-2)16(8-13)24(20,21)19-9-12-7-14(11-3-4-11)18-10-17-12/h5-8,10-11,19H,3-4,9H2,1-2H3. The molecule has 0 aliphatic heterocycles. The van der Waals surface area contributed by atoms with Gasteiger partial charge >= 0.3 is 0 Å². The van der Waals surface area contributed by atoms with Gasteiger partial charge in [-0.15, -0.1) is 0 Å². The van der Waals surface area contributed by atoms with E-state index < -0.39 is 10.0 Å². The first-order chi connectivity index (χ1) is 11.5. The van der Waals surface area contributed by atoms with E-state index in [1.54, 1.807) is 12.1 Å². The predicted octanol–water partition coefficient (Wildman–Crippen LogP) is 1.85. The van der Waals surface area contributed by atoms with Gasteiger partial charge < -0.3 is 9.47 Å². The van der Waals surface area contributed by atoms with E-state index in [2.05, 4.69) is 14.7 Å². The molecule has 0 amide bonds. The Hall–Kier alpha value is -2.19. The lowest BCUT2D eigenvalue weighted by Gasteiger charge is -2.12. The van der Waals surface area contributed by atoms with Crippen molar-refractivity contribution in [2.75, 3.05) is 14.2 Å². The molecule has 1 fully saturated rings. The molecule has 7 nitrogen and oxygen atoms in total. The van der Waals surface area contributed by atoms with Gasteiger partial charge in [0.2, 0.25) is 10.0 Å². The van der Waals surface area contributed by atoms with Gasteiger partial charge in [0.05, 0.1) is 26.5 Å². The SMILES string of the molecule is COc1ccc(OC)c(S(=O)(=O)NCc2cc(C3CC3)ncn2)c1.